The van der Waals surface area contributed by atoms with Crippen molar-refractivity contribution in [3.05, 3.63) is 29.3 Å². The zero-order valence-electron chi connectivity index (χ0n) is 12.2. The Morgan fingerprint density at radius 3 is 2.52 bits per heavy atom. The van der Waals surface area contributed by atoms with Crippen LogP contribution in [0.5, 0.6) is 0 Å². The Morgan fingerprint density at radius 2 is 1.81 bits per heavy atom. The molecule has 0 aromatic heterocycles. The summed E-state index contributed by atoms with van der Waals surface area (Å²) in [6, 6.07) is 5.77. The summed E-state index contributed by atoms with van der Waals surface area (Å²) in [6.45, 7) is 0.408. The van der Waals surface area contributed by atoms with Gasteiger partial charge in [0.15, 0.2) is 0 Å². The summed E-state index contributed by atoms with van der Waals surface area (Å²) in [5.74, 6) is 0.348. The third kappa shape index (κ3) is 2.99. The number of fused-ring (bicyclic) bond motifs is 1. The van der Waals surface area contributed by atoms with E-state index in [2.05, 4.69) is 0 Å². The number of aryl methyl sites for hydroxylation is 2. The molecule has 0 unspecified atom stereocenters. The predicted octanol–water partition coefficient (Wildman–Crippen LogP) is 3.35. The molecule has 3 nitrogen and oxygen atoms in total. The summed E-state index contributed by atoms with van der Waals surface area (Å²) < 4.78 is 27.6. The molecule has 0 atom stereocenters. The molecule has 2 aliphatic rings. The molecule has 21 heavy (non-hydrogen) atoms. The molecule has 0 aliphatic heterocycles. The second-order valence-electron chi connectivity index (χ2n) is 6.03. The lowest BCUT2D eigenvalue weighted by Gasteiger charge is -2.27. The van der Waals surface area contributed by atoms with Crippen LogP contribution >= 0.6 is 11.6 Å². The molecule has 2 aliphatic carbocycles. The van der Waals surface area contributed by atoms with E-state index in [1.54, 1.807) is 10.4 Å². The molecule has 0 amide bonds. The monoisotopic (exact) mass is 327 g/mol. The van der Waals surface area contributed by atoms with Crippen molar-refractivity contribution >= 4 is 21.6 Å². The average molecular weight is 328 g/mol. The highest BCUT2D eigenvalue weighted by Crippen LogP contribution is 2.31. The largest absolute Gasteiger partial charge is 0.243 e. The van der Waals surface area contributed by atoms with E-state index in [-0.39, 0.29) is 6.04 Å². The van der Waals surface area contributed by atoms with E-state index in [9.17, 15) is 8.42 Å². The van der Waals surface area contributed by atoms with Crippen LogP contribution in [0.15, 0.2) is 23.1 Å². The van der Waals surface area contributed by atoms with Crippen LogP contribution in [0.2, 0.25) is 0 Å². The number of hydrogen-bond acceptors (Lipinski definition) is 2. The van der Waals surface area contributed by atoms with Gasteiger partial charge in [-0.3, -0.25) is 0 Å². The van der Waals surface area contributed by atoms with Crippen LogP contribution in [0.25, 0.3) is 0 Å². The molecule has 3 rings (SSSR count). The topological polar surface area (TPSA) is 37.4 Å². The minimum atomic E-state index is -3.42. The molecular formula is C16H22ClNO2S. The lowest BCUT2D eigenvalue weighted by molar-refractivity contribution is 0.337. The molecule has 0 radical (unpaired) electrons. The quantitative estimate of drug-likeness (QED) is 0.778. The van der Waals surface area contributed by atoms with Crippen LogP contribution in [-0.2, 0) is 22.9 Å². The highest BCUT2D eigenvalue weighted by atomic mass is 35.5. The minimum absolute atomic E-state index is 0.127. The van der Waals surface area contributed by atoms with E-state index in [1.807, 2.05) is 12.1 Å². The van der Waals surface area contributed by atoms with E-state index in [0.29, 0.717) is 17.3 Å². The fourth-order valence-corrected chi connectivity index (χ4v) is 5.64. The fraction of sp³-hybridized carbons (Fsp3) is 0.625. The van der Waals surface area contributed by atoms with Gasteiger partial charge in [-0.2, -0.15) is 4.31 Å². The van der Waals surface area contributed by atoms with Crippen molar-refractivity contribution in [2.75, 3.05) is 12.4 Å². The van der Waals surface area contributed by atoms with Gasteiger partial charge in [-0.1, -0.05) is 18.9 Å². The zero-order valence-corrected chi connectivity index (χ0v) is 13.8. The summed E-state index contributed by atoms with van der Waals surface area (Å²) in [6.07, 6.45) is 7.35. The van der Waals surface area contributed by atoms with E-state index in [4.69, 9.17) is 11.6 Å². The van der Waals surface area contributed by atoms with Gasteiger partial charge in [0.2, 0.25) is 10.0 Å². The minimum Gasteiger partial charge on any atom is -0.207 e. The van der Waals surface area contributed by atoms with E-state index in [1.165, 1.54) is 11.1 Å². The highest BCUT2D eigenvalue weighted by molar-refractivity contribution is 7.89. The molecule has 1 aromatic carbocycles. The van der Waals surface area contributed by atoms with Crippen LogP contribution < -0.4 is 0 Å². The first-order chi connectivity index (χ1) is 10.1. The second-order valence-corrected chi connectivity index (χ2v) is 8.30. The number of sulfonamides is 1. The summed E-state index contributed by atoms with van der Waals surface area (Å²) in [5.41, 5.74) is 2.51. The molecule has 0 spiro atoms. The average Bonchev–Trinajstić information content (AvgIpc) is 3.14. The van der Waals surface area contributed by atoms with Gasteiger partial charge < -0.3 is 0 Å². The lowest BCUT2D eigenvalue weighted by atomic mass is 10.1. The first kappa shape index (κ1) is 15.3. The van der Waals surface area contributed by atoms with Crippen molar-refractivity contribution in [3.63, 3.8) is 0 Å². The fourth-order valence-electron chi connectivity index (χ4n) is 3.62. The standard InChI is InChI=1S/C16H22ClNO2S/c17-10-11-18(15-6-1-2-7-15)21(19,20)16-9-8-13-4-3-5-14(13)12-16/h8-9,12,15H,1-7,10-11H2. The van der Waals surface area contributed by atoms with Crippen LogP contribution in [0.3, 0.4) is 0 Å². The molecule has 5 heteroatoms. The zero-order chi connectivity index (χ0) is 14.9. The van der Waals surface area contributed by atoms with Crippen molar-refractivity contribution < 1.29 is 8.42 Å². The third-order valence-electron chi connectivity index (χ3n) is 4.71. The Kier molecular flexibility index (Phi) is 4.57. The predicted molar refractivity (Wildman–Crippen MR) is 85.3 cm³/mol. The van der Waals surface area contributed by atoms with Gasteiger partial charge in [-0.25, -0.2) is 8.42 Å². The Hall–Kier alpha value is -0.580. The van der Waals surface area contributed by atoms with Gasteiger partial charge in [0.05, 0.1) is 4.90 Å². The second kappa shape index (κ2) is 6.27. The Bertz CT molecular complexity index is 609. The maximum absolute atomic E-state index is 13.0. The van der Waals surface area contributed by atoms with Crippen LogP contribution in [0.1, 0.15) is 43.2 Å². The summed E-state index contributed by atoms with van der Waals surface area (Å²) in [7, 11) is -3.42. The Labute approximate surface area is 132 Å². The third-order valence-corrected chi connectivity index (χ3v) is 6.83. The van der Waals surface area contributed by atoms with E-state index in [0.717, 1.165) is 44.9 Å². The number of alkyl halides is 1. The maximum Gasteiger partial charge on any atom is 0.243 e. The highest BCUT2D eigenvalue weighted by Gasteiger charge is 2.33. The summed E-state index contributed by atoms with van der Waals surface area (Å²) in [5, 5.41) is 0. The van der Waals surface area contributed by atoms with Gasteiger partial charge in [-0.15, -0.1) is 11.6 Å². The Balaban J connectivity index is 1.93. The number of hydrogen-bond donors (Lipinski definition) is 0. The van der Waals surface area contributed by atoms with Crippen molar-refractivity contribution in [2.45, 2.75) is 55.9 Å². The molecular weight excluding hydrogens is 306 g/mol. The SMILES string of the molecule is O=S(=O)(c1ccc2c(c1)CCC2)N(CCCl)C1CCCC1. The molecule has 1 fully saturated rings. The van der Waals surface area contributed by atoms with Crippen LogP contribution in [-0.4, -0.2) is 31.2 Å². The molecule has 0 saturated heterocycles. The van der Waals surface area contributed by atoms with Gasteiger partial charge in [0.25, 0.3) is 0 Å². The summed E-state index contributed by atoms with van der Waals surface area (Å²) >= 11 is 5.86. The van der Waals surface area contributed by atoms with Crippen LogP contribution in [0, 0.1) is 0 Å². The molecule has 1 saturated carbocycles. The van der Waals surface area contributed by atoms with Crippen molar-refractivity contribution in [3.8, 4) is 0 Å². The smallest absolute Gasteiger partial charge is 0.207 e. The first-order valence-electron chi connectivity index (χ1n) is 7.82. The number of halogens is 1. The normalized spacial score (nSPS) is 19.3. The number of benzene rings is 1. The first-order valence-corrected chi connectivity index (χ1v) is 9.80. The lowest BCUT2D eigenvalue weighted by Crippen LogP contribution is -2.40. The van der Waals surface area contributed by atoms with E-state index >= 15 is 0 Å². The van der Waals surface area contributed by atoms with Gasteiger partial charge in [0.1, 0.15) is 0 Å². The summed E-state index contributed by atoms with van der Waals surface area (Å²) in [4.78, 5) is 0.445. The maximum atomic E-state index is 13.0. The molecule has 116 valence electrons. The van der Waals surface area contributed by atoms with Crippen LogP contribution in [0.4, 0.5) is 0 Å². The van der Waals surface area contributed by atoms with Gasteiger partial charge >= 0.3 is 0 Å². The van der Waals surface area contributed by atoms with E-state index < -0.39 is 10.0 Å². The van der Waals surface area contributed by atoms with Crippen molar-refractivity contribution in [2.24, 2.45) is 0 Å². The van der Waals surface area contributed by atoms with Crippen molar-refractivity contribution in [1.82, 2.24) is 4.31 Å². The number of nitrogens with zero attached hydrogens (tertiary/aromatic N) is 1. The number of rotatable bonds is 5. The van der Waals surface area contributed by atoms with Gasteiger partial charge in [-0.05, 0) is 55.4 Å². The van der Waals surface area contributed by atoms with Gasteiger partial charge in [0, 0.05) is 18.5 Å². The molecule has 0 bridgehead atoms. The Morgan fingerprint density at radius 1 is 1.10 bits per heavy atom. The molecule has 0 N–H and O–H groups in total. The molecule has 0 heterocycles. The molecule has 1 aromatic rings. The van der Waals surface area contributed by atoms with Crippen molar-refractivity contribution in [1.29, 1.82) is 0 Å².